The fourth-order valence-electron chi connectivity index (χ4n) is 3.56. The number of pyridine rings is 1. The molecule has 5 nitrogen and oxygen atoms in total. The first-order chi connectivity index (χ1) is 10.8. The summed E-state index contributed by atoms with van der Waals surface area (Å²) in [6.07, 6.45) is 5.47. The molecule has 4 rings (SSSR count). The van der Waals surface area contributed by atoms with Crippen molar-refractivity contribution < 1.29 is 9.53 Å². The lowest BCUT2D eigenvalue weighted by molar-refractivity contribution is -0.128. The Morgan fingerprint density at radius 1 is 1.36 bits per heavy atom. The third-order valence-corrected chi connectivity index (χ3v) is 4.94. The lowest BCUT2D eigenvalue weighted by Crippen LogP contribution is -2.45. The van der Waals surface area contributed by atoms with Crippen molar-refractivity contribution in [3.8, 4) is 0 Å². The van der Waals surface area contributed by atoms with E-state index in [2.05, 4.69) is 21.3 Å². The second-order valence-electron chi connectivity index (χ2n) is 6.84. The zero-order valence-corrected chi connectivity index (χ0v) is 12.8. The second-order valence-corrected chi connectivity index (χ2v) is 6.84. The Kier molecular flexibility index (Phi) is 3.84. The highest BCUT2D eigenvalue weighted by atomic mass is 16.5. The number of rotatable bonds is 5. The Morgan fingerprint density at radius 3 is 3.05 bits per heavy atom. The molecule has 5 heteroatoms. The van der Waals surface area contributed by atoms with E-state index in [1.54, 1.807) is 0 Å². The zero-order valence-electron chi connectivity index (χ0n) is 12.8. The number of hydrogen-bond acceptors (Lipinski definition) is 4. The average Bonchev–Trinajstić information content (AvgIpc) is 3.30. The van der Waals surface area contributed by atoms with Gasteiger partial charge in [-0.05, 0) is 37.3 Å². The number of aromatic nitrogens is 1. The summed E-state index contributed by atoms with van der Waals surface area (Å²) in [6, 6.07) is 6.01. The molecular formula is C17H23N3O2. The summed E-state index contributed by atoms with van der Waals surface area (Å²) in [5.41, 5.74) is 1.08. The quantitative estimate of drug-likeness (QED) is 0.888. The van der Waals surface area contributed by atoms with Gasteiger partial charge in [0.25, 0.3) is 0 Å². The Hall–Kier alpha value is -1.46. The Morgan fingerprint density at radius 2 is 2.27 bits per heavy atom. The van der Waals surface area contributed by atoms with Crippen LogP contribution < -0.4 is 5.32 Å². The number of fused-ring (bicyclic) bond motifs is 2. The number of carbonyl (C=O) groups excluding carboxylic acids is 1. The Bertz CT molecular complexity index is 532. The van der Waals surface area contributed by atoms with E-state index >= 15 is 0 Å². The average molecular weight is 301 g/mol. The van der Waals surface area contributed by atoms with Gasteiger partial charge in [-0.25, -0.2) is 0 Å². The van der Waals surface area contributed by atoms with E-state index in [0.717, 1.165) is 44.2 Å². The minimum absolute atomic E-state index is 0.0254. The van der Waals surface area contributed by atoms with E-state index in [-0.39, 0.29) is 24.0 Å². The van der Waals surface area contributed by atoms with Crippen LogP contribution >= 0.6 is 0 Å². The van der Waals surface area contributed by atoms with Crippen molar-refractivity contribution in [1.29, 1.82) is 0 Å². The van der Waals surface area contributed by atoms with Gasteiger partial charge in [0.2, 0.25) is 5.91 Å². The van der Waals surface area contributed by atoms with Gasteiger partial charge in [0, 0.05) is 32.4 Å². The highest BCUT2D eigenvalue weighted by Gasteiger charge is 2.44. The smallest absolute Gasteiger partial charge is 0.225 e. The van der Waals surface area contributed by atoms with Crippen LogP contribution in [0.1, 0.15) is 25.0 Å². The molecule has 1 aliphatic carbocycles. The number of morpholine rings is 1. The van der Waals surface area contributed by atoms with Gasteiger partial charge >= 0.3 is 0 Å². The minimum Gasteiger partial charge on any atom is -0.371 e. The molecule has 3 heterocycles. The van der Waals surface area contributed by atoms with E-state index in [9.17, 15) is 4.79 Å². The molecule has 0 aromatic carbocycles. The molecule has 3 unspecified atom stereocenters. The summed E-state index contributed by atoms with van der Waals surface area (Å²) < 4.78 is 6.00. The molecule has 0 spiro atoms. The normalized spacial score (nSPS) is 31.2. The number of amides is 1. The molecule has 1 saturated carbocycles. The first-order valence-electron chi connectivity index (χ1n) is 8.33. The number of nitrogens with zero attached hydrogens (tertiary/aromatic N) is 2. The van der Waals surface area contributed by atoms with Crippen LogP contribution in [0.25, 0.3) is 0 Å². The largest absolute Gasteiger partial charge is 0.371 e. The van der Waals surface area contributed by atoms with Crippen molar-refractivity contribution in [3.63, 3.8) is 0 Å². The third kappa shape index (κ3) is 3.15. The first-order valence-corrected chi connectivity index (χ1v) is 8.33. The molecule has 3 aliphatic rings. The fraction of sp³-hybridized carbons (Fsp3) is 0.647. The van der Waals surface area contributed by atoms with Crippen molar-refractivity contribution in [3.05, 3.63) is 30.1 Å². The predicted molar refractivity (Wildman–Crippen MR) is 82.0 cm³/mol. The van der Waals surface area contributed by atoms with Gasteiger partial charge in [-0.1, -0.05) is 6.07 Å². The van der Waals surface area contributed by atoms with Crippen molar-refractivity contribution >= 4 is 5.91 Å². The molecule has 2 bridgehead atoms. The van der Waals surface area contributed by atoms with Crippen LogP contribution in [0.15, 0.2) is 24.4 Å². The summed E-state index contributed by atoms with van der Waals surface area (Å²) in [4.78, 5) is 19.1. The molecule has 3 fully saturated rings. The Balaban J connectivity index is 1.34. The van der Waals surface area contributed by atoms with Crippen molar-refractivity contribution in [2.75, 3.05) is 19.6 Å². The molecule has 1 amide bonds. The van der Waals surface area contributed by atoms with Crippen LogP contribution in [0.5, 0.6) is 0 Å². The van der Waals surface area contributed by atoms with E-state index in [1.807, 2.05) is 18.3 Å². The zero-order chi connectivity index (χ0) is 14.9. The standard InChI is InChI=1S/C17H23N3O2/c21-17(19-8-12-4-5-12)15-7-14-10-20(11-16(15)22-14)9-13-3-1-2-6-18-13/h1-3,6,12,14-16H,4-5,7-11H2,(H,19,21). The molecule has 1 N–H and O–H groups in total. The van der Waals surface area contributed by atoms with Gasteiger partial charge in [0.05, 0.1) is 23.8 Å². The number of hydrogen-bond donors (Lipinski definition) is 1. The predicted octanol–water partition coefficient (Wildman–Crippen LogP) is 1.20. The summed E-state index contributed by atoms with van der Waals surface area (Å²) >= 11 is 0. The summed E-state index contributed by atoms with van der Waals surface area (Å²) in [5.74, 6) is 0.947. The molecule has 22 heavy (non-hydrogen) atoms. The van der Waals surface area contributed by atoms with Gasteiger partial charge < -0.3 is 10.1 Å². The van der Waals surface area contributed by atoms with Crippen molar-refractivity contribution in [2.45, 2.75) is 38.0 Å². The van der Waals surface area contributed by atoms with E-state index in [1.165, 1.54) is 12.8 Å². The summed E-state index contributed by atoms with van der Waals surface area (Å²) in [5, 5.41) is 3.11. The fourth-order valence-corrected chi connectivity index (χ4v) is 3.56. The van der Waals surface area contributed by atoms with Crippen LogP contribution in [0, 0.1) is 11.8 Å². The van der Waals surface area contributed by atoms with E-state index in [4.69, 9.17) is 4.74 Å². The van der Waals surface area contributed by atoms with Crippen LogP contribution in [-0.2, 0) is 16.1 Å². The van der Waals surface area contributed by atoms with E-state index in [0.29, 0.717) is 0 Å². The number of nitrogens with one attached hydrogen (secondary N) is 1. The SMILES string of the molecule is O=C(NCC1CC1)C1CC2CN(Cc3ccccn3)CC1O2. The molecule has 1 aromatic rings. The molecule has 2 saturated heterocycles. The molecule has 3 atom stereocenters. The number of ether oxygens (including phenoxy) is 1. The molecule has 118 valence electrons. The topological polar surface area (TPSA) is 54.5 Å². The van der Waals surface area contributed by atoms with Gasteiger partial charge in [-0.3, -0.25) is 14.7 Å². The molecule has 0 radical (unpaired) electrons. The lowest BCUT2D eigenvalue weighted by atomic mass is 9.99. The van der Waals surface area contributed by atoms with Crippen LogP contribution in [0.3, 0.4) is 0 Å². The monoisotopic (exact) mass is 301 g/mol. The number of likely N-dealkylation sites (tertiary alicyclic amines) is 1. The maximum Gasteiger partial charge on any atom is 0.225 e. The van der Waals surface area contributed by atoms with Gasteiger partial charge in [-0.15, -0.1) is 0 Å². The molecular weight excluding hydrogens is 278 g/mol. The maximum absolute atomic E-state index is 12.4. The lowest BCUT2D eigenvalue weighted by Gasteiger charge is -2.32. The first kappa shape index (κ1) is 14.2. The minimum atomic E-state index is 0.0254. The third-order valence-electron chi connectivity index (χ3n) is 4.94. The molecule has 1 aromatic heterocycles. The van der Waals surface area contributed by atoms with E-state index < -0.39 is 0 Å². The second kappa shape index (κ2) is 5.97. The molecule has 2 aliphatic heterocycles. The summed E-state index contributed by atoms with van der Waals surface area (Å²) in [7, 11) is 0. The Labute approximate surface area is 131 Å². The van der Waals surface area contributed by atoms with Gasteiger partial charge in [-0.2, -0.15) is 0 Å². The van der Waals surface area contributed by atoms with Gasteiger partial charge in [0.15, 0.2) is 0 Å². The van der Waals surface area contributed by atoms with Crippen molar-refractivity contribution in [2.24, 2.45) is 11.8 Å². The van der Waals surface area contributed by atoms with Gasteiger partial charge in [0.1, 0.15) is 0 Å². The highest BCUT2D eigenvalue weighted by Crippen LogP contribution is 2.33. The maximum atomic E-state index is 12.4. The summed E-state index contributed by atoms with van der Waals surface area (Å²) in [6.45, 7) is 3.42. The van der Waals surface area contributed by atoms with Crippen LogP contribution in [0.2, 0.25) is 0 Å². The van der Waals surface area contributed by atoms with Crippen LogP contribution in [0.4, 0.5) is 0 Å². The highest BCUT2D eigenvalue weighted by molar-refractivity contribution is 5.79. The van der Waals surface area contributed by atoms with Crippen molar-refractivity contribution in [1.82, 2.24) is 15.2 Å². The van der Waals surface area contributed by atoms with Crippen LogP contribution in [-0.4, -0.2) is 47.6 Å². The number of carbonyl (C=O) groups is 1.